The molecule has 2 N–H and O–H groups in total. The van der Waals surface area contributed by atoms with Gasteiger partial charge in [0, 0.05) is 13.0 Å². The third kappa shape index (κ3) is 5.38. The summed E-state index contributed by atoms with van der Waals surface area (Å²) in [4.78, 5) is 22.0. The zero-order chi connectivity index (χ0) is 13.4. The van der Waals surface area contributed by atoms with E-state index >= 15 is 0 Å². The molecule has 0 bridgehead atoms. The van der Waals surface area contributed by atoms with Gasteiger partial charge in [0.15, 0.2) is 0 Å². The molecule has 1 rings (SSSR count). The first-order chi connectivity index (χ1) is 8.59. The Kier molecular flexibility index (Phi) is 5.76. The average Bonchev–Trinajstić information content (AvgIpc) is 2.37. The van der Waals surface area contributed by atoms with E-state index in [1.807, 2.05) is 6.92 Å². The van der Waals surface area contributed by atoms with E-state index in [1.54, 1.807) is 6.07 Å². The van der Waals surface area contributed by atoms with E-state index in [0.29, 0.717) is 18.5 Å². The van der Waals surface area contributed by atoms with Gasteiger partial charge in [-0.1, -0.05) is 6.92 Å². The molecule has 0 spiro atoms. The highest BCUT2D eigenvalue weighted by Gasteiger charge is 2.08. The zero-order valence-corrected chi connectivity index (χ0v) is 10.3. The third-order valence-corrected chi connectivity index (χ3v) is 2.62. The van der Waals surface area contributed by atoms with Crippen molar-refractivity contribution in [2.24, 2.45) is 5.92 Å². The predicted octanol–water partition coefficient (Wildman–Crippen LogP) is 1.10. The minimum absolute atomic E-state index is 0.170. The van der Waals surface area contributed by atoms with Gasteiger partial charge in [0.05, 0.1) is 18.0 Å². The standard InChI is InChI=1S/C12H17N3O3/c1-9(2-3-11(16)17)4-6-13-12(18)10-5-7-14-15-8-10/h5,7-9H,2-4,6H2,1H3,(H,13,18)(H,16,17). The van der Waals surface area contributed by atoms with E-state index < -0.39 is 5.97 Å². The van der Waals surface area contributed by atoms with Gasteiger partial charge in [-0.25, -0.2) is 0 Å². The lowest BCUT2D eigenvalue weighted by Gasteiger charge is -2.10. The van der Waals surface area contributed by atoms with E-state index in [1.165, 1.54) is 12.4 Å². The summed E-state index contributed by atoms with van der Waals surface area (Å²) in [6.07, 6.45) is 4.43. The molecule has 1 aromatic heterocycles. The Balaban J connectivity index is 2.21. The second-order valence-corrected chi connectivity index (χ2v) is 4.21. The largest absolute Gasteiger partial charge is 0.481 e. The molecule has 18 heavy (non-hydrogen) atoms. The Hall–Kier alpha value is -1.98. The van der Waals surface area contributed by atoms with Crippen LogP contribution < -0.4 is 5.32 Å². The van der Waals surface area contributed by atoms with E-state index in [2.05, 4.69) is 15.5 Å². The topological polar surface area (TPSA) is 92.2 Å². The summed E-state index contributed by atoms with van der Waals surface area (Å²) in [7, 11) is 0. The van der Waals surface area contributed by atoms with Gasteiger partial charge in [-0.3, -0.25) is 9.59 Å². The van der Waals surface area contributed by atoms with E-state index in [-0.39, 0.29) is 18.2 Å². The summed E-state index contributed by atoms with van der Waals surface area (Å²) in [5.41, 5.74) is 0.475. The van der Waals surface area contributed by atoms with Crippen LogP contribution in [0, 0.1) is 5.92 Å². The summed E-state index contributed by atoms with van der Waals surface area (Å²) in [5.74, 6) is -0.693. The first-order valence-electron chi connectivity index (χ1n) is 5.86. The summed E-state index contributed by atoms with van der Waals surface area (Å²) in [6.45, 7) is 2.50. The number of rotatable bonds is 7. The normalized spacial score (nSPS) is 11.8. The van der Waals surface area contributed by atoms with Gasteiger partial charge >= 0.3 is 5.97 Å². The van der Waals surface area contributed by atoms with Crippen LogP contribution in [0.15, 0.2) is 18.5 Å². The molecule has 1 heterocycles. The highest BCUT2D eigenvalue weighted by molar-refractivity contribution is 5.93. The van der Waals surface area contributed by atoms with Crippen molar-refractivity contribution in [2.45, 2.75) is 26.2 Å². The maximum atomic E-state index is 11.6. The molecule has 0 aliphatic carbocycles. The van der Waals surface area contributed by atoms with Crippen molar-refractivity contribution in [1.29, 1.82) is 0 Å². The Labute approximate surface area is 105 Å². The molecular formula is C12H17N3O3. The SMILES string of the molecule is CC(CCNC(=O)c1ccnnc1)CCC(=O)O. The van der Waals surface area contributed by atoms with Gasteiger partial charge in [-0.2, -0.15) is 10.2 Å². The molecule has 1 atom stereocenters. The third-order valence-electron chi connectivity index (χ3n) is 2.62. The van der Waals surface area contributed by atoms with Gasteiger partial charge in [-0.05, 0) is 24.8 Å². The Bertz CT molecular complexity index is 395. The molecule has 0 aromatic carbocycles. The fourth-order valence-electron chi connectivity index (χ4n) is 1.47. The molecule has 0 saturated carbocycles. The fourth-order valence-corrected chi connectivity index (χ4v) is 1.47. The van der Waals surface area contributed by atoms with Crippen LogP contribution in [0.5, 0.6) is 0 Å². The number of carboxylic acids is 1. The van der Waals surface area contributed by atoms with Crippen molar-refractivity contribution in [3.8, 4) is 0 Å². The number of nitrogens with one attached hydrogen (secondary N) is 1. The number of carbonyl (C=O) groups is 2. The number of hydrogen-bond donors (Lipinski definition) is 2. The predicted molar refractivity (Wildman–Crippen MR) is 65.0 cm³/mol. The maximum Gasteiger partial charge on any atom is 0.303 e. The first-order valence-corrected chi connectivity index (χ1v) is 5.86. The molecule has 1 amide bonds. The molecule has 6 nitrogen and oxygen atoms in total. The van der Waals surface area contributed by atoms with Crippen LogP contribution in [-0.4, -0.2) is 33.7 Å². The molecule has 0 aliphatic rings. The molecule has 1 aromatic rings. The number of aliphatic carboxylic acids is 1. The Morgan fingerprint density at radius 3 is 2.78 bits per heavy atom. The van der Waals surface area contributed by atoms with Crippen LogP contribution in [0.3, 0.4) is 0 Å². The molecular weight excluding hydrogens is 234 g/mol. The lowest BCUT2D eigenvalue weighted by molar-refractivity contribution is -0.137. The molecule has 98 valence electrons. The second-order valence-electron chi connectivity index (χ2n) is 4.21. The van der Waals surface area contributed by atoms with Gasteiger partial charge in [0.1, 0.15) is 0 Å². The lowest BCUT2D eigenvalue weighted by atomic mass is 10.0. The van der Waals surface area contributed by atoms with Crippen molar-refractivity contribution in [3.63, 3.8) is 0 Å². The van der Waals surface area contributed by atoms with Crippen molar-refractivity contribution < 1.29 is 14.7 Å². The van der Waals surface area contributed by atoms with Crippen molar-refractivity contribution in [2.75, 3.05) is 6.54 Å². The van der Waals surface area contributed by atoms with Crippen LogP contribution in [0.25, 0.3) is 0 Å². The van der Waals surface area contributed by atoms with Crippen LogP contribution in [0.4, 0.5) is 0 Å². The molecule has 1 unspecified atom stereocenters. The second kappa shape index (κ2) is 7.37. The minimum atomic E-state index is -0.784. The van der Waals surface area contributed by atoms with Crippen LogP contribution >= 0.6 is 0 Å². The summed E-state index contributed by atoms with van der Waals surface area (Å²) >= 11 is 0. The number of hydrogen-bond acceptors (Lipinski definition) is 4. The summed E-state index contributed by atoms with van der Waals surface area (Å²) in [5, 5.41) is 18.5. The van der Waals surface area contributed by atoms with Crippen molar-refractivity contribution >= 4 is 11.9 Å². The molecule has 6 heteroatoms. The van der Waals surface area contributed by atoms with Gasteiger partial charge in [-0.15, -0.1) is 0 Å². The average molecular weight is 251 g/mol. The monoisotopic (exact) mass is 251 g/mol. The summed E-state index contributed by atoms with van der Waals surface area (Å²) in [6, 6.07) is 1.59. The van der Waals surface area contributed by atoms with E-state index in [9.17, 15) is 9.59 Å². The first kappa shape index (κ1) is 14.1. The van der Waals surface area contributed by atoms with E-state index in [4.69, 9.17) is 5.11 Å². The van der Waals surface area contributed by atoms with Gasteiger partial charge in [0.25, 0.3) is 5.91 Å². The van der Waals surface area contributed by atoms with Crippen molar-refractivity contribution in [3.05, 3.63) is 24.0 Å². The summed E-state index contributed by atoms with van der Waals surface area (Å²) < 4.78 is 0. The lowest BCUT2D eigenvalue weighted by Crippen LogP contribution is -2.25. The Morgan fingerprint density at radius 2 is 2.17 bits per heavy atom. The fraction of sp³-hybridized carbons (Fsp3) is 0.500. The maximum absolute atomic E-state index is 11.6. The smallest absolute Gasteiger partial charge is 0.303 e. The van der Waals surface area contributed by atoms with E-state index in [0.717, 1.165) is 6.42 Å². The minimum Gasteiger partial charge on any atom is -0.481 e. The quantitative estimate of drug-likeness (QED) is 0.757. The highest BCUT2D eigenvalue weighted by Crippen LogP contribution is 2.09. The van der Waals surface area contributed by atoms with Gasteiger partial charge < -0.3 is 10.4 Å². The number of carbonyl (C=O) groups excluding carboxylic acids is 1. The number of aromatic nitrogens is 2. The van der Waals surface area contributed by atoms with Crippen LogP contribution in [0.1, 0.15) is 36.5 Å². The Morgan fingerprint density at radius 1 is 1.39 bits per heavy atom. The zero-order valence-electron chi connectivity index (χ0n) is 10.3. The van der Waals surface area contributed by atoms with Gasteiger partial charge in [0.2, 0.25) is 0 Å². The number of nitrogens with zero attached hydrogens (tertiary/aromatic N) is 2. The number of amides is 1. The molecule has 0 fully saturated rings. The number of carboxylic acid groups (broad SMARTS) is 1. The van der Waals surface area contributed by atoms with Crippen LogP contribution in [-0.2, 0) is 4.79 Å². The molecule has 0 aliphatic heterocycles. The van der Waals surface area contributed by atoms with Crippen LogP contribution in [0.2, 0.25) is 0 Å². The molecule has 0 saturated heterocycles. The highest BCUT2D eigenvalue weighted by atomic mass is 16.4. The van der Waals surface area contributed by atoms with Crippen molar-refractivity contribution in [1.82, 2.24) is 15.5 Å². The molecule has 0 radical (unpaired) electrons.